The minimum absolute atomic E-state index is 0.0668. The van der Waals surface area contributed by atoms with Crippen LogP contribution < -0.4 is 25.4 Å². The number of rotatable bonds is 10. The molecule has 37 heavy (non-hydrogen) atoms. The van der Waals surface area contributed by atoms with Gasteiger partial charge in [0.25, 0.3) is 5.91 Å². The topological polar surface area (TPSA) is 92.4 Å². The fourth-order valence-corrected chi connectivity index (χ4v) is 4.34. The predicted octanol–water partition coefficient (Wildman–Crippen LogP) is 4.03. The van der Waals surface area contributed by atoms with Crippen molar-refractivity contribution >= 4 is 23.4 Å². The fourth-order valence-electron chi connectivity index (χ4n) is 4.34. The highest BCUT2D eigenvalue weighted by molar-refractivity contribution is 6.11. The second-order valence-electron chi connectivity index (χ2n) is 9.99. The Morgan fingerprint density at radius 1 is 1.19 bits per heavy atom. The first kappa shape index (κ1) is 28.1. The second kappa shape index (κ2) is 12.1. The van der Waals surface area contributed by atoms with Gasteiger partial charge >= 0.3 is 0 Å². The van der Waals surface area contributed by atoms with Crippen LogP contribution >= 0.6 is 0 Å². The molecule has 0 bridgehead atoms. The number of methoxy groups -OCH3 is 1. The zero-order valence-corrected chi connectivity index (χ0v) is 23.3. The molecule has 1 aliphatic heterocycles. The van der Waals surface area contributed by atoms with Gasteiger partial charge in [0.2, 0.25) is 0 Å². The monoisotopic (exact) mass is 507 g/mol. The molecule has 0 aliphatic carbocycles. The van der Waals surface area contributed by atoms with E-state index >= 15 is 0 Å². The molecule has 3 rings (SSSR count). The number of aliphatic imine (C=N–C) groups is 1. The van der Waals surface area contributed by atoms with E-state index in [9.17, 15) is 4.79 Å². The third-order valence-electron chi connectivity index (χ3n) is 6.68. The maximum atomic E-state index is 13.4. The minimum atomic E-state index is -0.295. The minimum Gasteiger partial charge on any atom is -0.493 e. The summed E-state index contributed by atoms with van der Waals surface area (Å²) in [7, 11) is 7.49. The van der Waals surface area contributed by atoms with Gasteiger partial charge in [0.05, 0.1) is 19.3 Å². The normalized spacial score (nSPS) is 15.3. The summed E-state index contributed by atoms with van der Waals surface area (Å²) in [5, 5.41) is 3.16. The Kier molecular flexibility index (Phi) is 9.21. The second-order valence-corrected chi connectivity index (χ2v) is 9.99. The van der Waals surface area contributed by atoms with Crippen molar-refractivity contribution in [3.63, 3.8) is 0 Å². The molecule has 200 valence electrons. The maximum Gasteiger partial charge on any atom is 0.252 e. The fraction of sp³-hybridized carbons (Fsp3) is 0.448. The Labute approximate surface area is 221 Å². The van der Waals surface area contributed by atoms with Gasteiger partial charge in [-0.25, -0.2) is 0 Å². The molecule has 3 N–H and O–H groups in total. The van der Waals surface area contributed by atoms with Gasteiger partial charge < -0.3 is 30.3 Å². The molecular weight excluding hydrogens is 466 g/mol. The number of amides is 1. The molecule has 2 aromatic carbocycles. The van der Waals surface area contributed by atoms with Crippen molar-refractivity contribution in [2.45, 2.75) is 45.9 Å². The standard InChI is InChI=1S/C29H41N5O3/c1-18(2)37-28-26(22(14-30)15-31-5)11-21(12-27(28)36-8)20(4)32-29(35)25-13-23(10-9-19(25)3)34-16-24(17-34)33(6)7/h9-15,18,20,24H,16-17,30H2,1-8H3,(H,32,35)/b22-14+,31-15?/t20-/m1/s1. The Morgan fingerprint density at radius 3 is 2.46 bits per heavy atom. The number of benzene rings is 2. The molecule has 1 heterocycles. The van der Waals surface area contributed by atoms with Gasteiger partial charge in [-0.15, -0.1) is 0 Å². The Balaban J connectivity index is 1.89. The van der Waals surface area contributed by atoms with Crippen LogP contribution in [0, 0.1) is 6.92 Å². The molecule has 1 amide bonds. The van der Waals surface area contributed by atoms with Crippen molar-refractivity contribution < 1.29 is 14.3 Å². The van der Waals surface area contributed by atoms with Crippen LogP contribution in [0.5, 0.6) is 11.5 Å². The van der Waals surface area contributed by atoms with Crippen LogP contribution in [0.3, 0.4) is 0 Å². The molecule has 0 spiro atoms. The van der Waals surface area contributed by atoms with Gasteiger partial charge in [-0.2, -0.15) is 0 Å². The summed E-state index contributed by atoms with van der Waals surface area (Å²) < 4.78 is 11.8. The first-order valence-electron chi connectivity index (χ1n) is 12.6. The molecule has 0 aromatic heterocycles. The van der Waals surface area contributed by atoms with E-state index in [1.807, 2.05) is 52.0 Å². The summed E-state index contributed by atoms with van der Waals surface area (Å²) in [6.07, 6.45) is 3.11. The highest BCUT2D eigenvalue weighted by Gasteiger charge is 2.29. The number of nitrogens with zero attached hydrogens (tertiary/aromatic N) is 3. The van der Waals surface area contributed by atoms with Gasteiger partial charge in [-0.1, -0.05) is 6.07 Å². The predicted molar refractivity (Wildman–Crippen MR) is 152 cm³/mol. The van der Waals surface area contributed by atoms with E-state index in [2.05, 4.69) is 40.3 Å². The summed E-state index contributed by atoms with van der Waals surface area (Å²) in [6.45, 7) is 9.74. The highest BCUT2D eigenvalue weighted by Crippen LogP contribution is 2.39. The first-order valence-corrected chi connectivity index (χ1v) is 12.6. The number of nitrogens with two attached hydrogens (primary N) is 1. The van der Waals surface area contributed by atoms with E-state index < -0.39 is 0 Å². The van der Waals surface area contributed by atoms with Crippen molar-refractivity contribution in [2.24, 2.45) is 10.7 Å². The van der Waals surface area contributed by atoms with Gasteiger partial charge in [0.15, 0.2) is 11.5 Å². The van der Waals surface area contributed by atoms with Crippen molar-refractivity contribution in [1.29, 1.82) is 0 Å². The number of hydrogen-bond acceptors (Lipinski definition) is 7. The average Bonchev–Trinajstić information content (AvgIpc) is 2.82. The molecule has 0 radical (unpaired) electrons. The summed E-state index contributed by atoms with van der Waals surface area (Å²) in [5.74, 6) is 1.03. The average molecular weight is 508 g/mol. The smallest absolute Gasteiger partial charge is 0.252 e. The van der Waals surface area contributed by atoms with Crippen molar-refractivity contribution in [3.8, 4) is 11.5 Å². The lowest BCUT2D eigenvalue weighted by Crippen LogP contribution is -2.57. The molecule has 1 aliphatic rings. The van der Waals surface area contributed by atoms with Crippen LogP contribution in [-0.2, 0) is 0 Å². The SMILES string of the molecule is CN=C/C(=C\N)c1cc([C@@H](C)NC(=O)c2cc(N3CC(N(C)C)C3)ccc2C)cc(OC)c1OC(C)C. The number of carbonyl (C=O) groups excluding carboxylic acids is 1. The van der Waals surface area contributed by atoms with Gasteiger partial charge in [-0.05, 0) is 77.2 Å². The maximum absolute atomic E-state index is 13.4. The number of likely N-dealkylation sites (N-methyl/N-ethyl adjacent to an activating group) is 1. The number of allylic oxidation sites excluding steroid dienone is 1. The van der Waals surface area contributed by atoms with E-state index in [0.717, 1.165) is 35.5 Å². The largest absolute Gasteiger partial charge is 0.493 e. The van der Waals surface area contributed by atoms with Crippen LogP contribution in [0.1, 0.15) is 53.9 Å². The molecular formula is C29H41N5O3. The van der Waals surface area contributed by atoms with E-state index in [1.165, 1.54) is 6.20 Å². The first-order chi connectivity index (χ1) is 17.6. The Hall–Kier alpha value is -3.52. The van der Waals surface area contributed by atoms with E-state index in [1.54, 1.807) is 20.4 Å². The summed E-state index contributed by atoms with van der Waals surface area (Å²) in [5.41, 5.74) is 10.9. The molecule has 1 saturated heterocycles. The zero-order chi connectivity index (χ0) is 27.3. The summed E-state index contributed by atoms with van der Waals surface area (Å²) in [6, 6.07) is 10.2. The highest BCUT2D eigenvalue weighted by atomic mass is 16.5. The van der Waals surface area contributed by atoms with Crippen molar-refractivity contribution in [3.05, 3.63) is 58.8 Å². The van der Waals surface area contributed by atoms with Crippen molar-refractivity contribution in [1.82, 2.24) is 10.2 Å². The number of ether oxygens (including phenoxy) is 2. The summed E-state index contributed by atoms with van der Waals surface area (Å²) >= 11 is 0. The molecule has 1 fully saturated rings. The quantitative estimate of drug-likeness (QED) is 0.472. The molecule has 0 unspecified atom stereocenters. The van der Waals surface area contributed by atoms with Gasteiger partial charge in [0.1, 0.15) is 0 Å². The third kappa shape index (κ3) is 6.43. The lowest BCUT2D eigenvalue weighted by molar-refractivity contribution is 0.0939. The number of anilines is 1. The molecule has 8 heteroatoms. The zero-order valence-electron chi connectivity index (χ0n) is 23.3. The van der Waals surface area contributed by atoms with Crippen molar-refractivity contribution in [2.75, 3.05) is 46.2 Å². The number of aryl methyl sites for hydroxylation is 1. The lowest BCUT2D eigenvalue weighted by Gasteiger charge is -2.44. The lowest BCUT2D eigenvalue weighted by atomic mass is 9.98. The van der Waals surface area contributed by atoms with E-state index in [0.29, 0.717) is 28.7 Å². The number of carbonyl (C=O) groups is 1. The van der Waals surface area contributed by atoms with Crippen LogP contribution in [0.2, 0.25) is 0 Å². The molecule has 2 aromatic rings. The third-order valence-corrected chi connectivity index (χ3v) is 6.68. The molecule has 1 atom stereocenters. The summed E-state index contributed by atoms with van der Waals surface area (Å²) in [4.78, 5) is 22.1. The van der Waals surface area contributed by atoms with E-state index in [-0.39, 0.29) is 18.1 Å². The van der Waals surface area contributed by atoms with Crippen LogP contribution in [-0.4, -0.2) is 70.5 Å². The molecule has 8 nitrogen and oxygen atoms in total. The Bertz CT molecular complexity index is 1170. The van der Waals surface area contributed by atoms with Gasteiger partial charge in [0, 0.05) is 61.0 Å². The Morgan fingerprint density at radius 2 is 1.89 bits per heavy atom. The number of hydrogen-bond donors (Lipinski definition) is 2. The van der Waals surface area contributed by atoms with Gasteiger partial charge in [-0.3, -0.25) is 9.79 Å². The number of nitrogens with one attached hydrogen (secondary N) is 1. The van der Waals surface area contributed by atoms with Crippen LogP contribution in [0.15, 0.2) is 41.5 Å². The van der Waals surface area contributed by atoms with Crippen LogP contribution in [0.4, 0.5) is 5.69 Å². The van der Waals surface area contributed by atoms with E-state index in [4.69, 9.17) is 15.2 Å². The molecule has 0 saturated carbocycles. The van der Waals surface area contributed by atoms with Crippen LogP contribution in [0.25, 0.3) is 5.57 Å².